The molecule has 0 aliphatic carbocycles. The Bertz CT molecular complexity index is 253. The number of rotatable bonds is 2. The third kappa shape index (κ3) is 4.35. The lowest BCUT2D eigenvalue weighted by atomic mass is 10.2. The zero-order valence-electron chi connectivity index (χ0n) is 6.99. The van der Waals surface area contributed by atoms with Gasteiger partial charge in [-0.2, -0.15) is 0 Å². The number of hydrogen-bond acceptors (Lipinski definition) is 2. The highest BCUT2D eigenvalue weighted by Gasteiger charge is 1.94. The molecule has 2 amide bonds. The van der Waals surface area contributed by atoms with E-state index in [1.165, 1.54) is 0 Å². The first-order valence-corrected chi connectivity index (χ1v) is 3.61. The van der Waals surface area contributed by atoms with Crippen molar-refractivity contribution in [3.63, 3.8) is 0 Å². The van der Waals surface area contributed by atoms with Gasteiger partial charge in [0, 0.05) is 6.54 Å². The van der Waals surface area contributed by atoms with E-state index in [0.717, 1.165) is 5.56 Å². The number of urea groups is 1. The van der Waals surface area contributed by atoms with E-state index in [-0.39, 0.29) is 18.4 Å². The van der Waals surface area contributed by atoms with Crippen molar-refractivity contribution < 1.29 is 4.79 Å². The van der Waals surface area contributed by atoms with Gasteiger partial charge in [-0.05, 0) is 5.56 Å². The van der Waals surface area contributed by atoms with E-state index in [0.29, 0.717) is 6.54 Å². The molecule has 0 aliphatic rings. The minimum absolute atomic E-state index is 0. The fourth-order valence-corrected chi connectivity index (χ4v) is 0.829. The highest BCUT2D eigenvalue weighted by Crippen LogP contribution is 1.96. The first-order valence-electron chi connectivity index (χ1n) is 3.61. The molecular formula is C8H12ClN3O. The van der Waals surface area contributed by atoms with E-state index < -0.39 is 0 Å². The van der Waals surface area contributed by atoms with Gasteiger partial charge in [0.1, 0.15) is 0 Å². The third-order valence-corrected chi connectivity index (χ3v) is 1.43. The second-order valence-corrected chi connectivity index (χ2v) is 2.31. The molecule has 0 fully saturated rings. The second-order valence-electron chi connectivity index (χ2n) is 2.31. The lowest BCUT2D eigenvalue weighted by Gasteiger charge is -2.02. The van der Waals surface area contributed by atoms with Gasteiger partial charge < -0.3 is 5.32 Å². The molecule has 0 aliphatic heterocycles. The maximum atomic E-state index is 10.6. The van der Waals surface area contributed by atoms with E-state index >= 15 is 0 Å². The smallest absolute Gasteiger partial charge is 0.329 e. The summed E-state index contributed by atoms with van der Waals surface area (Å²) in [7, 11) is 0. The number of nitrogens with two attached hydrogens (primary N) is 1. The monoisotopic (exact) mass is 201 g/mol. The van der Waals surface area contributed by atoms with Gasteiger partial charge in [-0.1, -0.05) is 30.3 Å². The van der Waals surface area contributed by atoms with Crippen LogP contribution in [0.1, 0.15) is 5.56 Å². The molecule has 0 unspecified atom stereocenters. The Hall–Kier alpha value is -1.26. The number of hydrazine groups is 1. The molecule has 0 saturated heterocycles. The average molecular weight is 202 g/mol. The second kappa shape index (κ2) is 6.28. The molecule has 13 heavy (non-hydrogen) atoms. The molecule has 1 aromatic carbocycles. The molecule has 0 atom stereocenters. The Labute approximate surface area is 82.9 Å². The van der Waals surface area contributed by atoms with Crippen LogP contribution in [0.2, 0.25) is 0 Å². The average Bonchev–Trinajstić information content (AvgIpc) is 2.16. The summed E-state index contributed by atoms with van der Waals surface area (Å²) in [5, 5.41) is 2.57. The first-order chi connectivity index (χ1) is 5.83. The molecule has 0 aromatic heterocycles. The number of benzene rings is 1. The molecule has 1 rings (SSSR count). The van der Waals surface area contributed by atoms with E-state index in [1.807, 2.05) is 35.8 Å². The van der Waals surface area contributed by atoms with Gasteiger partial charge in [-0.3, -0.25) is 5.43 Å². The van der Waals surface area contributed by atoms with Crippen molar-refractivity contribution in [1.82, 2.24) is 10.7 Å². The van der Waals surface area contributed by atoms with E-state index in [2.05, 4.69) is 5.32 Å². The SMILES string of the molecule is Cl.NNC(=O)NCc1ccccc1. The van der Waals surface area contributed by atoms with Crippen LogP contribution in [0.15, 0.2) is 30.3 Å². The van der Waals surface area contributed by atoms with Crippen molar-refractivity contribution in [3.8, 4) is 0 Å². The molecular weight excluding hydrogens is 190 g/mol. The summed E-state index contributed by atoms with van der Waals surface area (Å²) in [5.74, 6) is 4.87. The van der Waals surface area contributed by atoms with Gasteiger partial charge in [-0.15, -0.1) is 12.4 Å². The summed E-state index contributed by atoms with van der Waals surface area (Å²) >= 11 is 0. The van der Waals surface area contributed by atoms with Crippen molar-refractivity contribution in [1.29, 1.82) is 0 Å². The van der Waals surface area contributed by atoms with Crippen molar-refractivity contribution in [2.45, 2.75) is 6.54 Å². The normalized spacial score (nSPS) is 8.38. The quantitative estimate of drug-likeness (QED) is 0.376. The fraction of sp³-hybridized carbons (Fsp3) is 0.125. The number of halogens is 1. The van der Waals surface area contributed by atoms with Crippen LogP contribution >= 0.6 is 12.4 Å². The van der Waals surface area contributed by atoms with Crippen LogP contribution in [0, 0.1) is 0 Å². The minimum atomic E-state index is -0.376. The standard InChI is InChI=1S/C8H11N3O.ClH/c9-11-8(12)10-6-7-4-2-1-3-5-7;/h1-5H,6,9H2,(H2,10,11,12);1H. The van der Waals surface area contributed by atoms with Gasteiger partial charge >= 0.3 is 6.03 Å². The Morgan fingerprint density at radius 3 is 2.46 bits per heavy atom. The van der Waals surface area contributed by atoms with Crippen molar-refractivity contribution in [3.05, 3.63) is 35.9 Å². The van der Waals surface area contributed by atoms with E-state index in [1.54, 1.807) is 0 Å². The van der Waals surface area contributed by atoms with Crippen LogP contribution in [-0.4, -0.2) is 6.03 Å². The maximum Gasteiger partial charge on any atom is 0.329 e. The van der Waals surface area contributed by atoms with Gasteiger partial charge in [0.05, 0.1) is 0 Å². The summed E-state index contributed by atoms with van der Waals surface area (Å²) in [6.07, 6.45) is 0. The topological polar surface area (TPSA) is 67.1 Å². The zero-order valence-corrected chi connectivity index (χ0v) is 7.80. The predicted octanol–water partition coefficient (Wildman–Crippen LogP) is 0.781. The van der Waals surface area contributed by atoms with Crippen molar-refractivity contribution >= 4 is 18.4 Å². The highest BCUT2D eigenvalue weighted by molar-refractivity contribution is 5.85. The largest absolute Gasteiger partial charge is 0.333 e. The molecule has 4 N–H and O–H groups in total. The van der Waals surface area contributed by atoms with Crippen LogP contribution in [0.4, 0.5) is 4.79 Å². The van der Waals surface area contributed by atoms with E-state index in [9.17, 15) is 4.79 Å². The van der Waals surface area contributed by atoms with Crippen LogP contribution in [-0.2, 0) is 6.54 Å². The van der Waals surface area contributed by atoms with Gasteiger partial charge in [0.15, 0.2) is 0 Å². The molecule has 4 nitrogen and oxygen atoms in total. The molecule has 0 radical (unpaired) electrons. The third-order valence-electron chi connectivity index (χ3n) is 1.43. The molecule has 0 heterocycles. The van der Waals surface area contributed by atoms with Crippen LogP contribution in [0.5, 0.6) is 0 Å². The Morgan fingerprint density at radius 1 is 1.31 bits per heavy atom. The fourth-order valence-electron chi connectivity index (χ4n) is 0.829. The first kappa shape index (κ1) is 11.7. The minimum Gasteiger partial charge on any atom is -0.333 e. The predicted molar refractivity (Wildman–Crippen MR) is 53.2 cm³/mol. The molecule has 1 aromatic rings. The van der Waals surface area contributed by atoms with Gasteiger partial charge in [0.25, 0.3) is 0 Å². The Balaban J connectivity index is 0.00000144. The van der Waals surface area contributed by atoms with Crippen LogP contribution in [0.25, 0.3) is 0 Å². The summed E-state index contributed by atoms with van der Waals surface area (Å²) in [5.41, 5.74) is 3.03. The van der Waals surface area contributed by atoms with Crippen LogP contribution < -0.4 is 16.6 Å². The highest BCUT2D eigenvalue weighted by atomic mass is 35.5. The molecule has 72 valence electrons. The molecule has 0 bridgehead atoms. The zero-order chi connectivity index (χ0) is 8.81. The van der Waals surface area contributed by atoms with E-state index in [4.69, 9.17) is 5.84 Å². The lowest BCUT2D eigenvalue weighted by Crippen LogP contribution is -2.39. The van der Waals surface area contributed by atoms with Crippen molar-refractivity contribution in [2.75, 3.05) is 0 Å². The number of nitrogens with one attached hydrogen (secondary N) is 2. The maximum absolute atomic E-state index is 10.6. The molecule has 5 heteroatoms. The lowest BCUT2D eigenvalue weighted by molar-refractivity contribution is 0.241. The summed E-state index contributed by atoms with van der Waals surface area (Å²) in [6.45, 7) is 0.490. The molecule has 0 spiro atoms. The number of carbonyl (C=O) groups excluding carboxylic acids is 1. The Kier molecular flexibility index (Phi) is 5.67. The Morgan fingerprint density at radius 2 is 1.92 bits per heavy atom. The number of hydrogen-bond donors (Lipinski definition) is 3. The van der Waals surface area contributed by atoms with Crippen LogP contribution in [0.3, 0.4) is 0 Å². The summed E-state index contributed by atoms with van der Waals surface area (Å²) < 4.78 is 0. The van der Waals surface area contributed by atoms with Crippen molar-refractivity contribution in [2.24, 2.45) is 5.84 Å². The van der Waals surface area contributed by atoms with Gasteiger partial charge in [-0.25, -0.2) is 10.6 Å². The summed E-state index contributed by atoms with van der Waals surface area (Å²) in [6, 6.07) is 9.23. The summed E-state index contributed by atoms with van der Waals surface area (Å²) in [4.78, 5) is 10.6. The number of amides is 2. The number of carbonyl (C=O) groups is 1. The van der Waals surface area contributed by atoms with Gasteiger partial charge in [0.2, 0.25) is 0 Å². The molecule has 0 saturated carbocycles.